The van der Waals surface area contributed by atoms with Gasteiger partial charge in [-0.1, -0.05) is 0 Å². The van der Waals surface area contributed by atoms with Gasteiger partial charge in [0.1, 0.15) is 22.9 Å². The molecule has 5 rings (SSSR count). The molecule has 0 aliphatic carbocycles. The lowest BCUT2D eigenvalue weighted by Crippen LogP contribution is -2.31. The Balaban J connectivity index is 1.80. The van der Waals surface area contributed by atoms with Crippen molar-refractivity contribution in [2.75, 3.05) is 52.2 Å². The summed E-state index contributed by atoms with van der Waals surface area (Å²) in [6.07, 6.45) is 2.18. The summed E-state index contributed by atoms with van der Waals surface area (Å²) < 4.78 is 15.5. The molecule has 0 aliphatic heterocycles. The summed E-state index contributed by atoms with van der Waals surface area (Å²) in [6.45, 7) is 0. The van der Waals surface area contributed by atoms with E-state index in [1.807, 2.05) is 24.3 Å². The highest BCUT2D eigenvalue weighted by Crippen LogP contribution is 2.35. The number of benzene rings is 4. The molecular weight excluding hydrogens is 484 g/mol. The van der Waals surface area contributed by atoms with Crippen molar-refractivity contribution in [1.29, 1.82) is 0 Å². The number of nitrogens with zero attached hydrogens (tertiary/aromatic N) is 4. The highest BCUT2D eigenvalue weighted by atomic mass is 16.5. The number of methoxy groups -OCH3 is 2. The van der Waals surface area contributed by atoms with Crippen molar-refractivity contribution in [3.63, 3.8) is 0 Å². The van der Waals surface area contributed by atoms with Gasteiger partial charge in [-0.15, -0.1) is 0 Å². The highest BCUT2D eigenvalue weighted by molar-refractivity contribution is 5.79. The molecular formula is C33H35N4O2+. The molecule has 0 spiro atoms. The smallest absolute Gasteiger partial charge is 0.255 e. The van der Waals surface area contributed by atoms with Crippen LogP contribution in [-0.2, 0) is 0 Å². The lowest BCUT2D eigenvalue weighted by Gasteiger charge is -2.12. The number of hydrogen-bond acceptors (Lipinski definition) is 4. The number of ether oxygens (including phenoxy) is 2. The van der Waals surface area contributed by atoms with Crippen LogP contribution in [0.15, 0.2) is 103 Å². The number of rotatable bonds is 8. The third kappa shape index (κ3) is 5.18. The molecule has 0 saturated heterocycles. The first-order valence-electron chi connectivity index (χ1n) is 12.9. The number of anilines is 2. The average molecular weight is 520 g/mol. The SMILES string of the molecule is COc1ccc(-c2c(-c3ccc(OC)cc3)[n+](-c3ccc(N(C)C)cc3)cn2-c2ccc(N(C)C)cc2)cc1. The Morgan fingerprint density at radius 1 is 0.564 bits per heavy atom. The third-order valence-corrected chi connectivity index (χ3v) is 6.95. The highest BCUT2D eigenvalue weighted by Gasteiger charge is 2.29. The second-order valence-electron chi connectivity index (χ2n) is 9.83. The summed E-state index contributed by atoms with van der Waals surface area (Å²) in [5.74, 6) is 1.65. The summed E-state index contributed by atoms with van der Waals surface area (Å²) in [6, 6.07) is 33.8. The molecule has 5 aromatic rings. The van der Waals surface area contributed by atoms with Crippen LogP contribution in [0.2, 0.25) is 0 Å². The van der Waals surface area contributed by atoms with Crippen LogP contribution >= 0.6 is 0 Å². The van der Waals surface area contributed by atoms with Gasteiger partial charge in [0.15, 0.2) is 11.4 Å². The normalized spacial score (nSPS) is 10.8. The van der Waals surface area contributed by atoms with Gasteiger partial charge in [-0.05, 0) is 97.1 Å². The van der Waals surface area contributed by atoms with E-state index < -0.39 is 0 Å². The Bertz CT molecular complexity index is 1420. The molecule has 198 valence electrons. The second-order valence-corrected chi connectivity index (χ2v) is 9.83. The quantitative estimate of drug-likeness (QED) is 0.227. The average Bonchev–Trinajstić information content (AvgIpc) is 3.38. The van der Waals surface area contributed by atoms with Gasteiger partial charge in [-0.3, -0.25) is 0 Å². The largest absolute Gasteiger partial charge is 0.497 e. The van der Waals surface area contributed by atoms with Gasteiger partial charge in [-0.2, -0.15) is 9.13 Å². The fraction of sp³-hybridized carbons (Fsp3) is 0.182. The van der Waals surface area contributed by atoms with Gasteiger partial charge < -0.3 is 19.3 Å². The topological polar surface area (TPSA) is 33.8 Å². The first-order valence-corrected chi connectivity index (χ1v) is 12.9. The molecule has 4 aromatic carbocycles. The Morgan fingerprint density at radius 2 is 1.03 bits per heavy atom. The molecule has 0 amide bonds. The van der Waals surface area contributed by atoms with Gasteiger partial charge >= 0.3 is 0 Å². The van der Waals surface area contributed by atoms with E-state index in [9.17, 15) is 0 Å². The molecule has 0 bridgehead atoms. The van der Waals surface area contributed by atoms with E-state index in [4.69, 9.17) is 9.47 Å². The van der Waals surface area contributed by atoms with E-state index >= 15 is 0 Å². The van der Waals surface area contributed by atoms with Crippen molar-refractivity contribution in [2.45, 2.75) is 0 Å². The summed E-state index contributed by atoms with van der Waals surface area (Å²) in [4.78, 5) is 4.22. The van der Waals surface area contributed by atoms with Crippen LogP contribution in [0, 0.1) is 0 Å². The van der Waals surface area contributed by atoms with Crippen LogP contribution in [0.4, 0.5) is 11.4 Å². The summed E-state index contributed by atoms with van der Waals surface area (Å²) in [5.41, 5.74) is 8.78. The molecule has 6 nitrogen and oxygen atoms in total. The number of aromatic nitrogens is 2. The Labute approximate surface area is 230 Å². The van der Waals surface area contributed by atoms with Crippen LogP contribution in [-0.4, -0.2) is 47.0 Å². The van der Waals surface area contributed by atoms with Gasteiger partial charge in [0.05, 0.1) is 14.2 Å². The minimum atomic E-state index is 0.824. The molecule has 0 N–H and O–H groups in total. The third-order valence-electron chi connectivity index (χ3n) is 6.95. The fourth-order valence-electron chi connectivity index (χ4n) is 4.72. The van der Waals surface area contributed by atoms with Crippen LogP contribution in [0.1, 0.15) is 0 Å². The van der Waals surface area contributed by atoms with E-state index in [0.29, 0.717) is 0 Å². The number of imidazole rings is 1. The lowest BCUT2D eigenvalue weighted by molar-refractivity contribution is -0.583. The van der Waals surface area contributed by atoms with Crippen molar-refractivity contribution in [3.05, 3.63) is 103 Å². The van der Waals surface area contributed by atoms with Crippen molar-refractivity contribution < 1.29 is 14.0 Å². The second kappa shape index (κ2) is 11.0. The van der Waals surface area contributed by atoms with Crippen LogP contribution < -0.4 is 23.8 Å². The number of hydrogen-bond donors (Lipinski definition) is 0. The molecule has 0 saturated carbocycles. The zero-order chi connectivity index (χ0) is 27.5. The minimum absolute atomic E-state index is 0.824. The van der Waals surface area contributed by atoms with Crippen molar-refractivity contribution in [1.82, 2.24) is 4.57 Å². The first kappa shape index (κ1) is 25.9. The zero-order valence-electron chi connectivity index (χ0n) is 23.4. The summed E-state index contributed by atoms with van der Waals surface area (Å²) in [5, 5.41) is 0. The molecule has 39 heavy (non-hydrogen) atoms. The van der Waals surface area contributed by atoms with Crippen LogP contribution in [0.5, 0.6) is 11.5 Å². The van der Waals surface area contributed by atoms with Crippen LogP contribution in [0.25, 0.3) is 33.9 Å². The van der Waals surface area contributed by atoms with E-state index in [1.165, 1.54) is 0 Å². The van der Waals surface area contributed by atoms with E-state index in [0.717, 1.165) is 56.8 Å². The van der Waals surface area contributed by atoms with Crippen molar-refractivity contribution in [2.24, 2.45) is 0 Å². The van der Waals surface area contributed by atoms with Gasteiger partial charge in [-0.25, -0.2) is 0 Å². The first-order chi connectivity index (χ1) is 18.9. The zero-order valence-corrected chi connectivity index (χ0v) is 23.4. The maximum atomic E-state index is 5.47. The molecule has 0 aliphatic rings. The van der Waals surface area contributed by atoms with E-state index in [1.54, 1.807) is 14.2 Å². The Hall–Kier alpha value is -4.71. The predicted molar refractivity (Wildman–Crippen MR) is 160 cm³/mol. The van der Waals surface area contributed by atoms with E-state index in [-0.39, 0.29) is 0 Å². The molecule has 6 heteroatoms. The summed E-state index contributed by atoms with van der Waals surface area (Å²) in [7, 11) is 11.6. The van der Waals surface area contributed by atoms with Gasteiger partial charge in [0.2, 0.25) is 0 Å². The summed E-state index contributed by atoms with van der Waals surface area (Å²) >= 11 is 0. The predicted octanol–water partition coefficient (Wildman–Crippen LogP) is 6.24. The molecule has 0 radical (unpaired) electrons. The standard InChI is InChI=1S/C33H35N4O2/c1-34(2)26-11-15-28(16-12-26)36-23-37(29-17-13-27(14-18-29)35(3)4)33(25-9-21-31(39-6)22-10-25)32(36)24-7-19-30(38-5)20-8-24/h7-23H,1-6H3/q+1. The molecule has 0 atom stereocenters. The van der Waals surface area contributed by atoms with Crippen molar-refractivity contribution >= 4 is 11.4 Å². The van der Waals surface area contributed by atoms with Crippen LogP contribution in [0.3, 0.4) is 0 Å². The molecule has 0 fully saturated rings. The van der Waals surface area contributed by atoms with Gasteiger partial charge in [0, 0.05) is 50.7 Å². The molecule has 0 unspecified atom stereocenters. The maximum Gasteiger partial charge on any atom is 0.255 e. The van der Waals surface area contributed by atoms with Crippen molar-refractivity contribution in [3.8, 4) is 45.4 Å². The maximum absolute atomic E-state index is 5.47. The Kier molecular flexibility index (Phi) is 7.28. The molecule has 1 aromatic heterocycles. The van der Waals surface area contributed by atoms with Gasteiger partial charge in [0.25, 0.3) is 6.33 Å². The minimum Gasteiger partial charge on any atom is -0.497 e. The molecule has 1 heterocycles. The lowest BCUT2D eigenvalue weighted by atomic mass is 10.0. The Morgan fingerprint density at radius 3 is 1.49 bits per heavy atom. The van der Waals surface area contributed by atoms with E-state index in [2.05, 4.69) is 126 Å². The monoisotopic (exact) mass is 519 g/mol. The fourth-order valence-corrected chi connectivity index (χ4v) is 4.72.